The van der Waals surface area contributed by atoms with Crippen LogP contribution in [0.5, 0.6) is 0 Å². The number of H-pyrrole nitrogens is 1. The number of ether oxygens (including phenoxy) is 3. The molecule has 1 saturated heterocycles. The maximum Gasteiger partial charge on any atom is 0.338 e. The van der Waals surface area contributed by atoms with Gasteiger partial charge in [-0.25, -0.2) is 4.79 Å². The molecule has 7 heteroatoms. The first-order chi connectivity index (χ1) is 19.1. The largest absolute Gasteiger partial charge is 0.458 e. The second-order valence-electron chi connectivity index (χ2n) is 13.4. The topological polar surface area (TPSA) is 90.5 Å². The van der Waals surface area contributed by atoms with E-state index in [1.807, 2.05) is 13.8 Å². The van der Waals surface area contributed by atoms with Crippen molar-refractivity contribution < 1.29 is 23.8 Å². The lowest BCUT2D eigenvalue weighted by Gasteiger charge is -2.63. The van der Waals surface area contributed by atoms with Crippen LogP contribution in [-0.4, -0.2) is 45.3 Å². The highest BCUT2D eigenvalue weighted by Gasteiger charge is 2.72. The molecule has 1 N–H and O–H groups in total. The minimum Gasteiger partial charge on any atom is -0.458 e. The fourth-order valence-electron chi connectivity index (χ4n) is 9.21. The van der Waals surface area contributed by atoms with E-state index in [0.717, 1.165) is 23.9 Å². The molecule has 7 atom stereocenters. The zero-order valence-electron chi connectivity index (χ0n) is 23.3. The molecule has 5 aliphatic rings. The second-order valence-corrected chi connectivity index (χ2v) is 13.4. The number of hydrogen-bond acceptors (Lipinski definition) is 6. The molecular formula is C33H34N2O5. The molecule has 206 valence electrons. The van der Waals surface area contributed by atoms with E-state index in [1.54, 1.807) is 30.6 Å². The van der Waals surface area contributed by atoms with Gasteiger partial charge < -0.3 is 19.2 Å². The molecule has 4 heterocycles. The smallest absolute Gasteiger partial charge is 0.338 e. The highest BCUT2D eigenvalue weighted by atomic mass is 16.8. The number of ketones is 1. The van der Waals surface area contributed by atoms with Crippen LogP contribution in [0.15, 0.2) is 60.4 Å². The molecule has 2 bridgehead atoms. The van der Waals surface area contributed by atoms with Gasteiger partial charge in [0, 0.05) is 46.7 Å². The SMILES string of the molecule is CC1(C)OC23CCC4(C)C(C2=CC(=O)C1O3)[C@@H](OC(=O)c1ccncc1)CC1Cc2c([nH]c3ccccc23)[C@@]14C. The minimum atomic E-state index is -0.974. The summed E-state index contributed by atoms with van der Waals surface area (Å²) in [6.45, 7) is 8.59. The van der Waals surface area contributed by atoms with Crippen molar-refractivity contribution in [3.05, 3.63) is 77.3 Å². The maximum atomic E-state index is 13.5. The van der Waals surface area contributed by atoms with Gasteiger partial charge in [0.1, 0.15) is 11.7 Å². The zero-order chi connectivity index (χ0) is 27.7. The van der Waals surface area contributed by atoms with Crippen LogP contribution in [0.3, 0.4) is 0 Å². The average Bonchev–Trinajstić information content (AvgIpc) is 3.52. The molecule has 3 aromatic rings. The van der Waals surface area contributed by atoms with Crippen molar-refractivity contribution in [2.75, 3.05) is 0 Å². The molecule has 2 aromatic heterocycles. The van der Waals surface area contributed by atoms with Crippen LogP contribution in [0, 0.1) is 17.3 Å². The predicted octanol–water partition coefficient (Wildman–Crippen LogP) is 5.44. The summed E-state index contributed by atoms with van der Waals surface area (Å²) in [6, 6.07) is 11.9. The highest BCUT2D eigenvalue weighted by molar-refractivity contribution is 5.97. The van der Waals surface area contributed by atoms with E-state index in [0.29, 0.717) is 18.4 Å². The fraction of sp³-hybridized carbons (Fsp3) is 0.485. The van der Waals surface area contributed by atoms with Gasteiger partial charge in [-0.3, -0.25) is 9.78 Å². The number of aromatic nitrogens is 2. The number of pyridine rings is 1. The molecule has 3 aliphatic carbocycles. The number of esters is 1. The number of benzene rings is 1. The molecule has 3 fully saturated rings. The van der Waals surface area contributed by atoms with Crippen molar-refractivity contribution >= 4 is 22.7 Å². The van der Waals surface area contributed by atoms with Gasteiger partial charge in [-0.1, -0.05) is 32.0 Å². The van der Waals surface area contributed by atoms with Crippen molar-refractivity contribution in [3.63, 3.8) is 0 Å². The Morgan fingerprint density at radius 3 is 2.65 bits per heavy atom. The number of nitrogens with one attached hydrogen (secondary N) is 1. The molecule has 2 saturated carbocycles. The van der Waals surface area contributed by atoms with E-state index in [1.165, 1.54) is 16.6 Å². The Morgan fingerprint density at radius 1 is 1.07 bits per heavy atom. The van der Waals surface area contributed by atoms with Crippen LogP contribution >= 0.6 is 0 Å². The lowest BCUT2D eigenvalue weighted by molar-refractivity contribution is -0.218. The van der Waals surface area contributed by atoms with Crippen molar-refractivity contribution in [3.8, 4) is 0 Å². The summed E-state index contributed by atoms with van der Waals surface area (Å²) >= 11 is 0. The summed E-state index contributed by atoms with van der Waals surface area (Å²) in [6.07, 6.45) is 7.02. The molecule has 5 unspecified atom stereocenters. The first kappa shape index (κ1) is 24.5. The quantitative estimate of drug-likeness (QED) is 0.437. The van der Waals surface area contributed by atoms with E-state index in [2.05, 4.69) is 48.1 Å². The van der Waals surface area contributed by atoms with E-state index < -0.39 is 23.6 Å². The average molecular weight is 539 g/mol. The monoisotopic (exact) mass is 538 g/mol. The first-order valence-corrected chi connectivity index (χ1v) is 14.4. The third kappa shape index (κ3) is 2.90. The zero-order valence-corrected chi connectivity index (χ0v) is 23.3. The van der Waals surface area contributed by atoms with Gasteiger partial charge in [0.15, 0.2) is 17.7 Å². The van der Waals surface area contributed by atoms with Crippen LogP contribution in [-0.2, 0) is 30.8 Å². The third-order valence-corrected chi connectivity index (χ3v) is 11.2. The molecule has 7 nitrogen and oxygen atoms in total. The summed E-state index contributed by atoms with van der Waals surface area (Å²) in [7, 11) is 0. The van der Waals surface area contributed by atoms with Gasteiger partial charge in [0.05, 0.1) is 5.56 Å². The molecule has 0 radical (unpaired) electrons. The summed E-state index contributed by atoms with van der Waals surface area (Å²) in [5.41, 5.74) is 3.85. The van der Waals surface area contributed by atoms with Gasteiger partial charge >= 0.3 is 5.97 Å². The number of para-hydroxylation sites is 1. The Hall–Kier alpha value is -3.29. The maximum absolute atomic E-state index is 13.5. The third-order valence-electron chi connectivity index (χ3n) is 11.2. The molecule has 0 amide bonds. The minimum absolute atomic E-state index is 0.0680. The van der Waals surface area contributed by atoms with Crippen molar-refractivity contribution in [1.29, 1.82) is 0 Å². The number of hydrogen-bond donors (Lipinski definition) is 1. The first-order valence-electron chi connectivity index (χ1n) is 14.4. The summed E-state index contributed by atoms with van der Waals surface area (Å²) < 4.78 is 19.6. The number of carbonyl (C=O) groups is 2. The number of nitrogens with zero attached hydrogens (tertiary/aromatic N) is 1. The molecule has 8 rings (SSSR count). The molecule has 1 aromatic carbocycles. The molecule has 1 spiro atoms. The Balaban J connectivity index is 1.30. The van der Waals surface area contributed by atoms with Crippen LogP contribution in [0.2, 0.25) is 0 Å². The number of rotatable bonds is 2. The normalized spacial score (nSPS) is 38.7. The van der Waals surface area contributed by atoms with E-state index in [-0.39, 0.29) is 34.4 Å². The number of carbonyl (C=O) groups excluding carboxylic acids is 2. The van der Waals surface area contributed by atoms with E-state index in [9.17, 15) is 9.59 Å². The lowest BCUT2D eigenvalue weighted by atomic mass is 9.43. The standard InChI is InChI=1S/C33H34N2O5/c1-30(2)28-24(36)17-22-26-25(38-29(37)18-9-13-34-14-10-18)16-19-15-21-20-7-5-6-8-23(20)35-27(21)32(19,4)31(26,3)11-12-33(22,39-28)40-30/h5-10,13-14,17,19,25-26,28,35H,11-12,15-16H2,1-4H3/t19?,25-,26?,28?,31?,32+,33?/m0/s1. The second kappa shape index (κ2) is 7.71. The lowest BCUT2D eigenvalue weighted by Crippen LogP contribution is -2.64. The van der Waals surface area contributed by atoms with Crippen molar-refractivity contribution in [2.45, 2.75) is 82.4 Å². The van der Waals surface area contributed by atoms with Crippen LogP contribution < -0.4 is 0 Å². The Bertz CT molecular complexity index is 1620. The van der Waals surface area contributed by atoms with Crippen LogP contribution in [0.4, 0.5) is 0 Å². The molecule has 40 heavy (non-hydrogen) atoms. The number of aromatic amines is 1. The summed E-state index contributed by atoms with van der Waals surface area (Å²) in [5.74, 6) is -1.38. The van der Waals surface area contributed by atoms with Gasteiger partial charge in [-0.15, -0.1) is 0 Å². The summed E-state index contributed by atoms with van der Waals surface area (Å²) in [4.78, 5) is 34.8. The fourth-order valence-corrected chi connectivity index (χ4v) is 9.21. The van der Waals surface area contributed by atoms with Crippen molar-refractivity contribution in [1.82, 2.24) is 9.97 Å². The van der Waals surface area contributed by atoms with Crippen molar-refractivity contribution in [2.24, 2.45) is 17.3 Å². The Labute approximate surface area is 233 Å². The highest BCUT2D eigenvalue weighted by Crippen LogP contribution is 2.70. The van der Waals surface area contributed by atoms with Gasteiger partial charge in [0.25, 0.3) is 0 Å². The Kier molecular flexibility index (Phi) is 4.72. The van der Waals surface area contributed by atoms with Gasteiger partial charge in [-0.05, 0) is 79.9 Å². The number of fused-ring (bicyclic) bond motifs is 9. The van der Waals surface area contributed by atoms with E-state index >= 15 is 0 Å². The van der Waals surface area contributed by atoms with Gasteiger partial charge in [0.2, 0.25) is 0 Å². The molecular weight excluding hydrogens is 504 g/mol. The Morgan fingerprint density at radius 2 is 1.85 bits per heavy atom. The van der Waals surface area contributed by atoms with Crippen LogP contribution in [0.25, 0.3) is 10.9 Å². The predicted molar refractivity (Wildman–Crippen MR) is 148 cm³/mol. The molecule has 2 aliphatic heterocycles. The summed E-state index contributed by atoms with van der Waals surface area (Å²) in [5, 5.41) is 1.27. The van der Waals surface area contributed by atoms with E-state index in [4.69, 9.17) is 14.2 Å². The van der Waals surface area contributed by atoms with Gasteiger partial charge in [-0.2, -0.15) is 0 Å². The van der Waals surface area contributed by atoms with Crippen LogP contribution in [0.1, 0.15) is 68.6 Å².